The van der Waals surface area contributed by atoms with Crippen molar-refractivity contribution in [2.75, 3.05) is 12.3 Å². The fourth-order valence-electron chi connectivity index (χ4n) is 3.42. The van der Waals surface area contributed by atoms with Crippen LogP contribution in [0, 0.1) is 0 Å². The van der Waals surface area contributed by atoms with Crippen LogP contribution in [-0.2, 0) is 0 Å². The summed E-state index contributed by atoms with van der Waals surface area (Å²) in [5.74, 6) is -1.18. The van der Waals surface area contributed by atoms with E-state index in [4.69, 9.17) is 5.73 Å². The molecule has 0 spiro atoms. The molecule has 1 fully saturated rings. The maximum absolute atomic E-state index is 12.8. The number of nitrogens with zero attached hydrogens (tertiary/aromatic N) is 3. The Morgan fingerprint density at radius 3 is 3.00 bits per heavy atom. The number of anilines is 1. The molecule has 7 nitrogen and oxygen atoms in total. The van der Waals surface area contributed by atoms with Crippen molar-refractivity contribution in [3.8, 4) is 5.69 Å². The molecule has 112 valence electrons. The van der Waals surface area contributed by atoms with E-state index in [9.17, 15) is 14.7 Å². The molecule has 1 amide bonds. The van der Waals surface area contributed by atoms with Gasteiger partial charge in [0.1, 0.15) is 6.33 Å². The van der Waals surface area contributed by atoms with Gasteiger partial charge in [0.05, 0.1) is 23.0 Å². The second kappa shape index (κ2) is 4.33. The van der Waals surface area contributed by atoms with E-state index in [-0.39, 0.29) is 17.6 Å². The molecule has 0 bridgehead atoms. The van der Waals surface area contributed by atoms with E-state index in [1.54, 1.807) is 27.7 Å². The van der Waals surface area contributed by atoms with Gasteiger partial charge in [-0.3, -0.25) is 9.36 Å². The van der Waals surface area contributed by atoms with Gasteiger partial charge in [-0.15, -0.1) is 0 Å². The lowest BCUT2D eigenvalue weighted by molar-refractivity contribution is 0.0673. The predicted molar refractivity (Wildman–Crippen MR) is 77.9 cm³/mol. The number of carbonyl (C=O) groups is 2. The lowest BCUT2D eigenvalue weighted by atomic mass is 10.1. The molecule has 22 heavy (non-hydrogen) atoms. The number of nitrogen functional groups attached to an aromatic ring is 1. The highest BCUT2D eigenvalue weighted by atomic mass is 16.4. The molecule has 0 unspecified atom stereocenters. The van der Waals surface area contributed by atoms with E-state index >= 15 is 0 Å². The SMILES string of the molecule is Nc1ccc2c(c1)C(=O)N1CCC[C@H]1c1c(C(=O)O)ncn1-2. The molecule has 4 rings (SSSR count). The van der Waals surface area contributed by atoms with Gasteiger partial charge >= 0.3 is 5.97 Å². The van der Waals surface area contributed by atoms with Crippen LogP contribution in [0.1, 0.15) is 45.4 Å². The minimum Gasteiger partial charge on any atom is -0.476 e. The smallest absolute Gasteiger partial charge is 0.356 e. The predicted octanol–water partition coefficient (Wildman–Crippen LogP) is 1.44. The number of carbonyl (C=O) groups excluding carboxylic acids is 1. The normalized spacial score (nSPS) is 19.4. The third-order valence-corrected chi connectivity index (χ3v) is 4.35. The lowest BCUT2D eigenvalue weighted by Gasteiger charge is -2.22. The van der Waals surface area contributed by atoms with Crippen LogP contribution in [-0.4, -0.2) is 38.0 Å². The maximum Gasteiger partial charge on any atom is 0.356 e. The third-order valence-electron chi connectivity index (χ3n) is 4.35. The van der Waals surface area contributed by atoms with Crippen LogP contribution < -0.4 is 5.73 Å². The molecule has 0 saturated carbocycles. The Morgan fingerprint density at radius 2 is 2.23 bits per heavy atom. The summed E-state index contributed by atoms with van der Waals surface area (Å²) in [7, 11) is 0. The van der Waals surface area contributed by atoms with E-state index in [0.717, 1.165) is 12.8 Å². The van der Waals surface area contributed by atoms with Crippen molar-refractivity contribution in [2.45, 2.75) is 18.9 Å². The Hall–Kier alpha value is -2.83. The van der Waals surface area contributed by atoms with Crippen LogP contribution >= 0.6 is 0 Å². The van der Waals surface area contributed by atoms with Crippen molar-refractivity contribution in [3.63, 3.8) is 0 Å². The quantitative estimate of drug-likeness (QED) is 0.776. The van der Waals surface area contributed by atoms with Gasteiger partial charge in [-0.2, -0.15) is 0 Å². The molecule has 3 N–H and O–H groups in total. The van der Waals surface area contributed by atoms with Crippen LogP contribution in [0.3, 0.4) is 0 Å². The number of aromatic nitrogens is 2. The number of imidazole rings is 1. The summed E-state index contributed by atoms with van der Waals surface area (Å²) in [6.07, 6.45) is 3.06. The van der Waals surface area contributed by atoms with Crippen molar-refractivity contribution in [2.24, 2.45) is 0 Å². The Bertz CT molecular complexity index is 811. The number of benzene rings is 1. The van der Waals surface area contributed by atoms with Gasteiger partial charge in [-0.1, -0.05) is 0 Å². The summed E-state index contributed by atoms with van der Waals surface area (Å²) < 4.78 is 1.71. The Balaban J connectivity index is 2.05. The molecular formula is C15H14N4O3. The van der Waals surface area contributed by atoms with Gasteiger partial charge in [0.25, 0.3) is 5.91 Å². The molecule has 2 aliphatic rings. The van der Waals surface area contributed by atoms with Crippen molar-refractivity contribution < 1.29 is 14.7 Å². The Labute approximate surface area is 126 Å². The number of nitrogens with two attached hydrogens (primary N) is 1. The second-order valence-electron chi connectivity index (χ2n) is 5.59. The summed E-state index contributed by atoms with van der Waals surface area (Å²) in [6, 6.07) is 4.83. The van der Waals surface area contributed by atoms with Gasteiger partial charge in [-0.25, -0.2) is 9.78 Å². The van der Waals surface area contributed by atoms with Crippen LogP contribution in [0.5, 0.6) is 0 Å². The number of hydrogen-bond acceptors (Lipinski definition) is 4. The van der Waals surface area contributed by atoms with Crippen LogP contribution in [0.25, 0.3) is 5.69 Å². The summed E-state index contributed by atoms with van der Waals surface area (Å²) in [4.78, 5) is 30.1. The number of carboxylic acid groups (broad SMARTS) is 1. The van der Waals surface area contributed by atoms with Crippen LogP contribution in [0.2, 0.25) is 0 Å². The molecule has 0 aliphatic carbocycles. The maximum atomic E-state index is 12.8. The zero-order valence-corrected chi connectivity index (χ0v) is 11.7. The Morgan fingerprint density at radius 1 is 1.41 bits per heavy atom. The zero-order valence-electron chi connectivity index (χ0n) is 11.7. The molecule has 2 aromatic rings. The van der Waals surface area contributed by atoms with E-state index < -0.39 is 5.97 Å². The van der Waals surface area contributed by atoms with Crippen LogP contribution in [0.4, 0.5) is 5.69 Å². The van der Waals surface area contributed by atoms with Gasteiger partial charge < -0.3 is 15.7 Å². The topological polar surface area (TPSA) is 101 Å². The van der Waals surface area contributed by atoms with E-state index in [0.29, 0.717) is 29.2 Å². The largest absolute Gasteiger partial charge is 0.476 e. The van der Waals surface area contributed by atoms with Gasteiger partial charge in [0, 0.05) is 12.2 Å². The molecule has 1 aromatic heterocycles. The molecule has 1 aromatic carbocycles. The minimum atomic E-state index is -1.08. The molecule has 1 atom stereocenters. The first-order chi connectivity index (χ1) is 10.6. The average Bonchev–Trinajstić information content (AvgIpc) is 3.10. The first-order valence-electron chi connectivity index (χ1n) is 7.09. The molecule has 3 heterocycles. The summed E-state index contributed by atoms with van der Waals surface area (Å²) >= 11 is 0. The number of hydrogen-bond donors (Lipinski definition) is 2. The number of carboxylic acids is 1. The van der Waals surface area contributed by atoms with Gasteiger partial charge in [0.2, 0.25) is 0 Å². The fourth-order valence-corrected chi connectivity index (χ4v) is 3.42. The van der Waals surface area contributed by atoms with E-state index in [1.807, 2.05) is 0 Å². The van der Waals surface area contributed by atoms with E-state index in [2.05, 4.69) is 4.98 Å². The number of rotatable bonds is 1. The number of aromatic carboxylic acids is 1. The third kappa shape index (κ3) is 1.59. The molecular weight excluding hydrogens is 284 g/mol. The Kier molecular flexibility index (Phi) is 2.53. The van der Waals surface area contributed by atoms with Crippen LogP contribution in [0.15, 0.2) is 24.5 Å². The summed E-state index contributed by atoms with van der Waals surface area (Å²) in [5.41, 5.74) is 8.01. The number of fused-ring (bicyclic) bond motifs is 5. The zero-order chi connectivity index (χ0) is 15.4. The molecule has 2 aliphatic heterocycles. The first-order valence-corrected chi connectivity index (χ1v) is 7.09. The molecule has 0 radical (unpaired) electrons. The highest BCUT2D eigenvalue weighted by molar-refractivity contribution is 6.00. The average molecular weight is 298 g/mol. The number of amides is 1. The van der Waals surface area contributed by atoms with Gasteiger partial charge in [-0.05, 0) is 31.0 Å². The molecule has 7 heteroatoms. The standard InChI is InChI=1S/C15H14N4O3/c16-8-3-4-10-9(6-8)14(20)18-5-1-2-11(18)13-12(15(21)22)17-7-19(10)13/h3-4,6-7,11H,1-2,5,16H2,(H,21,22)/t11-/m0/s1. The van der Waals surface area contributed by atoms with Crippen molar-refractivity contribution >= 4 is 17.6 Å². The first kappa shape index (κ1) is 12.9. The highest BCUT2D eigenvalue weighted by Gasteiger charge is 2.39. The second-order valence-corrected chi connectivity index (χ2v) is 5.59. The van der Waals surface area contributed by atoms with Crippen molar-refractivity contribution in [1.82, 2.24) is 14.5 Å². The van der Waals surface area contributed by atoms with Crippen molar-refractivity contribution in [1.29, 1.82) is 0 Å². The molecule has 1 saturated heterocycles. The van der Waals surface area contributed by atoms with E-state index in [1.165, 1.54) is 6.33 Å². The minimum absolute atomic E-state index is 0.00868. The highest BCUT2D eigenvalue weighted by Crippen LogP contribution is 2.40. The monoisotopic (exact) mass is 298 g/mol. The summed E-state index contributed by atoms with van der Waals surface area (Å²) in [5, 5.41) is 9.40. The lowest BCUT2D eigenvalue weighted by Crippen LogP contribution is -2.30. The fraction of sp³-hybridized carbons (Fsp3) is 0.267. The van der Waals surface area contributed by atoms with Crippen molar-refractivity contribution in [3.05, 3.63) is 41.5 Å². The summed E-state index contributed by atoms with van der Waals surface area (Å²) in [6.45, 7) is 0.613. The van der Waals surface area contributed by atoms with Gasteiger partial charge in [0.15, 0.2) is 5.69 Å².